The van der Waals surface area contributed by atoms with E-state index in [-0.39, 0.29) is 42.7 Å². The molecular weight excluding hydrogens is 654 g/mol. The van der Waals surface area contributed by atoms with Crippen LogP contribution < -0.4 is 5.11 Å². The van der Waals surface area contributed by atoms with Gasteiger partial charge in [0.15, 0.2) is 6.10 Å². The molecule has 0 N–H and O–H groups in total. The van der Waals surface area contributed by atoms with Crippen LogP contribution in [0.5, 0.6) is 0 Å². The Morgan fingerprint density at radius 2 is 1.02 bits per heavy atom. The number of quaternary nitrogens is 1. The number of carboxylic acid groups (broad SMARTS) is 1. The van der Waals surface area contributed by atoms with Crippen molar-refractivity contribution in [2.24, 2.45) is 0 Å². The summed E-state index contributed by atoms with van der Waals surface area (Å²) in [5.74, 6) is -1.77. The number of nitrogens with zero attached hydrogens (tertiary/aromatic N) is 1. The molecule has 0 bridgehead atoms. The van der Waals surface area contributed by atoms with Crippen LogP contribution in [0.4, 0.5) is 0 Å². The summed E-state index contributed by atoms with van der Waals surface area (Å²) in [5, 5.41) is 11.6. The lowest BCUT2D eigenvalue weighted by Gasteiger charge is -2.34. The van der Waals surface area contributed by atoms with Crippen LogP contribution in [0.1, 0.15) is 174 Å². The van der Waals surface area contributed by atoms with Crippen molar-refractivity contribution in [3.8, 4) is 0 Å². The second-order valence-corrected chi connectivity index (χ2v) is 15.2. The van der Waals surface area contributed by atoms with Crippen LogP contribution in [0.25, 0.3) is 0 Å². The predicted molar refractivity (Wildman–Crippen MR) is 213 cm³/mol. The topological polar surface area (TPSA) is 102 Å². The number of rotatable bonds is 37. The van der Waals surface area contributed by atoms with E-state index >= 15 is 0 Å². The van der Waals surface area contributed by atoms with Gasteiger partial charge in [-0.05, 0) is 64.2 Å². The van der Waals surface area contributed by atoms with E-state index in [9.17, 15) is 19.5 Å². The third-order valence-electron chi connectivity index (χ3n) is 9.28. The number of carbonyl (C=O) groups excluding carboxylic acids is 3. The molecular formula is C44H79NO7. The van der Waals surface area contributed by atoms with Crippen molar-refractivity contribution in [2.75, 3.05) is 41.0 Å². The molecule has 8 nitrogen and oxygen atoms in total. The van der Waals surface area contributed by atoms with Gasteiger partial charge in [-0.25, -0.2) is 0 Å². The molecule has 0 aliphatic heterocycles. The van der Waals surface area contributed by atoms with Crippen molar-refractivity contribution in [3.05, 3.63) is 36.5 Å². The molecule has 0 fully saturated rings. The Hall–Kier alpha value is -2.45. The van der Waals surface area contributed by atoms with Crippen LogP contribution in [0.3, 0.4) is 0 Å². The second-order valence-electron chi connectivity index (χ2n) is 15.2. The summed E-state index contributed by atoms with van der Waals surface area (Å²) >= 11 is 0. The van der Waals surface area contributed by atoms with Crippen molar-refractivity contribution in [3.63, 3.8) is 0 Å². The molecule has 0 aromatic heterocycles. The zero-order valence-corrected chi connectivity index (χ0v) is 34.2. The molecule has 8 heteroatoms. The third-order valence-corrected chi connectivity index (χ3v) is 9.28. The number of carboxylic acids is 1. The zero-order valence-electron chi connectivity index (χ0n) is 34.2. The van der Waals surface area contributed by atoms with Crippen LogP contribution >= 0.6 is 0 Å². The minimum Gasteiger partial charge on any atom is -0.544 e. The molecule has 0 heterocycles. The molecule has 0 radical (unpaired) electrons. The second kappa shape index (κ2) is 35.6. The highest BCUT2D eigenvalue weighted by Crippen LogP contribution is 2.13. The van der Waals surface area contributed by atoms with Crippen LogP contribution in [0, 0.1) is 0 Å². The molecule has 302 valence electrons. The van der Waals surface area contributed by atoms with E-state index in [1.54, 1.807) is 21.1 Å². The standard InChI is InChI=1S/C44H79NO7/c1-6-8-10-12-14-16-18-20-21-23-24-26-28-30-32-34-42(46)51-39-40(38-50-37-36-41(44(48)49)45(3,4)5)52-43(47)35-33-31-29-27-25-22-19-17-15-13-11-9-7-2/h14,16,18,20,22,25,40-41H,6-13,15,17,19,21,23-24,26-39H2,1-5H3/b16-14+,20-18+,25-22+. The van der Waals surface area contributed by atoms with E-state index < -0.39 is 18.1 Å². The minimum atomic E-state index is -1.13. The molecule has 0 amide bonds. The van der Waals surface area contributed by atoms with Gasteiger partial charge in [0, 0.05) is 19.3 Å². The molecule has 0 aliphatic carbocycles. The van der Waals surface area contributed by atoms with Crippen LogP contribution in [0.15, 0.2) is 36.5 Å². The van der Waals surface area contributed by atoms with E-state index in [1.807, 2.05) is 0 Å². The number of allylic oxidation sites excluding steroid dienone is 6. The summed E-state index contributed by atoms with van der Waals surface area (Å²) in [6.07, 6.45) is 38.7. The van der Waals surface area contributed by atoms with Gasteiger partial charge in [-0.15, -0.1) is 0 Å². The van der Waals surface area contributed by atoms with Crippen molar-refractivity contribution < 1.29 is 38.2 Å². The van der Waals surface area contributed by atoms with E-state index in [1.165, 1.54) is 77.0 Å². The van der Waals surface area contributed by atoms with Crippen molar-refractivity contribution in [2.45, 2.75) is 187 Å². The minimum absolute atomic E-state index is 0.0315. The highest BCUT2D eigenvalue weighted by molar-refractivity contribution is 5.70. The van der Waals surface area contributed by atoms with Gasteiger partial charge in [0.1, 0.15) is 12.6 Å². The highest BCUT2D eigenvalue weighted by atomic mass is 16.6. The fraction of sp³-hybridized carbons (Fsp3) is 0.795. The molecule has 0 aromatic rings. The maximum atomic E-state index is 12.7. The van der Waals surface area contributed by atoms with Crippen LogP contribution in [-0.4, -0.2) is 75.5 Å². The van der Waals surface area contributed by atoms with Gasteiger partial charge in [-0.2, -0.15) is 0 Å². The van der Waals surface area contributed by atoms with Crippen molar-refractivity contribution >= 4 is 17.9 Å². The molecule has 2 atom stereocenters. The summed E-state index contributed by atoms with van der Waals surface area (Å²) in [6.45, 7) is 4.59. The average Bonchev–Trinajstić information content (AvgIpc) is 3.09. The number of likely N-dealkylation sites (N-methyl/N-ethyl adjacent to an activating group) is 1. The number of aliphatic carboxylic acids is 1. The van der Waals surface area contributed by atoms with Crippen molar-refractivity contribution in [1.29, 1.82) is 0 Å². The number of hydrogen-bond acceptors (Lipinski definition) is 7. The Bertz CT molecular complexity index is 953. The lowest BCUT2D eigenvalue weighted by Crippen LogP contribution is -2.55. The zero-order chi connectivity index (χ0) is 38.5. The van der Waals surface area contributed by atoms with Crippen molar-refractivity contribution in [1.82, 2.24) is 0 Å². The lowest BCUT2D eigenvalue weighted by molar-refractivity contribution is -0.889. The Morgan fingerprint density at radius 1 is 0.577 bits per heavy atom. The molecule has 0 rings (SSSR count). The highest BCUT2D eigenvalue weighted by Gasteiger charge is 2.25. The predicted octanol–water partition coefficient (Wildman–Crippen LogP) is 9.74. The first-order valence-corrected chi connectivity index (χ1v) is 21.0. The molecule has 0 saturated carbocycles. The first-order valence-electron chi connectivity index (χ1n) is 21.0. The Kier molecular flexibility index (Phi) is 33.9. The largest absolute Gasteiger partial charge is 0.544 e. The van der Waals surface area contributed by atoms with E-state index in [0.717, 1.165) is 64.2 Å². The summed E-state index contributed by atoms with van der Waals surface area (Å²) in [7, 11) is 5.39. The van der Waals surface area contributed by atoms with Gasteiger partial charge >= 0.3 is 11.9 Å². The van der Waals surface area contributed by atoms with Gasteiger partial charge in [-0.3, -0.25) is 9.59 Å². The maximum Gasteiger partial charge on any atom is 0.306 e. The summed E-state index contributed by atoms with van der Waals surface area (Å²) in [4.78, 5) is 36.7. The average molecular weight is 734 g/mol. The van der Waals surface area contributed by atoms with Gasteiger partial charge in [0.2, 0.25) is 0 Å². The SMILES string of the molecule is CCCCC/C=C/C=C/CCCCCCCCC(=O)OCC(COCCC(C(=O)[O-])[N+](C)(C)C)OC(=O)CCCCC/C=C/CCCCCCCC. The van der Waals surface area contributed by atoms with Crippen LogP contribution in [0.2, 0.25) is 0 Å². The van der Waals surface area contributed by atoms with Gasteiger partial charge in [0.25, 0.3) is 0 Å². The lowest BCUT2D eigenvalue weighted by atomic mass is 10.1. The van der Waals surface area contributed by atoms with E-state index in [0.29, 0.717) is 12.8 Å². The first kappa shape index (κ1) is 49.6. The smallest absolute Gasteiger partial charge is 0.306 e. The van der Waals surface area contributed by atoms with Gasteiger partial charge < -0.3 is 28.6 Å². The summed E-state index contributed by atoms with van der Waals surface area (Å²) in [6, 6.07) is -0.728. The normalized spacial score (nSPS) is 13.3. The molecule has 0 spiro atoms. The summed E-state index contributed by atoms with van der Waals surface area (Å²) in [5.41, 5.74) is 0. The number of ether oxygens (including phenoxy) is 3. The molecule has 0 aromatic carbocycles. The molecule has 52 heavy (non-hydrogen) atoms. The van der Waals surface area contributed by atoms with Gasteiger partial charge in [-0.1, -0.05) is 127 Å². The number of carbonyl (C=O) groups is 3. The Labute approximate surface area is 319 Å². The molecule has 0 aliphatic rings. The van der Waals surface area contributed by atoms with E-state index in [4.69, 9.17) is 14.2 Å². The third kappa shape index (κ3) is 33.4. The van der Waals surface area contributed by atoms with E-state index in [2.05, 4.69) is 50.3 Å². The Balaban J connectivity index is 4.41. The number of unbranched alkanes of at least 4 members (excludes halogenated alkanes) is 18. The van der Waals surface area contributed by atoms with Gasteiger partial charge in [0.05, 0.1) is 40.3 Å². The number of hydrogen-bond donors (Lipinski definition) is 0. The quantitative estimate of drug-likeness (QED) is 0.0206. The Morgan fingerprint density at radius 3 is 1.56 bits per heavy atom. The summed E-state index contributed by atoms with van der Waals surface area (Å²) < 4.78 is 17.1. The number of esters is 2. The fourth-order valence-corrected chi connectivity index (χ4v) is 5.94. The fourth-order valence-electron chi connectivity index (χ4n) is 5.94. The maximum absolute atomic E-state index is 12.7. The molecule has 0 saturated heterocycles. The van der Waals surface area contributed by atoms with Crippen LogP contribution in [-0.2, 0) is 28.6 Å². The molecule has 2 unspecified atom stereocenters. The first-order chi connectivity index (χ1) is 25.1. The monoisotopic (exact) mass is 734 g/mol.